The molecule has 2 aromatic rings. The molecule has 2 atom stereocenters. The Hall–Kier alpha value is -2.62. The third-order valence-corrected chi connectivity index (χ3v) is 5.02. The third kappa shape index (κ3) is 3.64. The van der Waals surface area contributed by atoms with E-state index in [0.717, 1.165) is 28.8 Å². The van der Waals surface area contributed by atoms with Gasteiger partial charge in [-0.15, -0.1) is 0 Å². The van der Waals surface area contributed by atoms with E-state index in [1.165, 1.54) is 5.56 Å². The van der Waals surface area contributed by atoms with Crippen LogP contribution in [0.25, 0.3) is 0 Å². The molecule has 1 amide bonds. The highest BCUT2D eigenvalue weighted by molar-refractivity contribution is 5.99. The van der Waals surface area contributed by atoms with Gasteiger partial charge in [-0.05, 0) is 62.4 Å². The Kier molecular flexibility index (Phi) is 5.12. The molecule has 0 spiro atoms. The van der Waals surface area contributed by atoms with Crippen LogP contribution in [0, 0.1) is 13.8 Å². The van der Waals surface area contributed by atoms with Gasteiger partial charge in [0.1, 0.15) is 0 Å². The van der Waals surface area contributed by atoms with Gasteiger partial charge < -0.3 is 9.64 Å². The molecule has 0 aliphatic carbocycles. The Morgan fingerprint density at radius 2 is 1.88 bits per heavy atom. The molecule has 0 bridgehead atoms. The van der Waals surface area contributed by atoms with Gasteiger partial charge >= 0.3 is 5.97 Å². The number of para-hydroxylation sites is 1. The second kappa shape index (κ2) is 7.32. The predicted octanol–water partition coefficient (Wildman–Crippen LogP) is 3.76. The van der Waals surface area contributed by atoms with Gasteiger partial charge in [0.2, 0.25) is 0 Å². The Bertz CT molecular complexity index is 843. The van der Waals surface area contributed by atoms with Crippen LogP contribution < -0.4 is 4.90 Å². The van der Waals surface area contributed by atoms with E-state index in [1.54, 1.807) is 11.8 Å². The van der Waals surface area contributed by atoms with Gasteiger partial charge in [0, 0.05) is 11.7 Å². The maximum absolute atomic E-state index is 12.9. The minimum atomic E-state index is -0.803. The summed E-state index contributed by atoms with van der Waals surface area (Å²) in [4.78, 5) is 26.9. The number of amides is 1. The van der Waals surface area contributed by atoms with E-state index in [9.17, 15) is 9.59 Å². The number of fused-ring (bicyclic) bond motifs is 1. The molecule has 0 saturated carbocycles. The average molecular weight is 351 g/mol. The Labute approximate surface area is 154 Å². The quantitative estimate of drug-likeness (QED) is 0.788. The number of benzene rings is 2. The zero-order valence-electron chi connectivity index (χ0n) is 15.8. The van der Waals surface area contributed by atoms with Crippen molar-refractivity contribution in [2.24, 2.45) is 0 Å². The molecule has 1 aliphatic rings. The zero-order valence-corrected chi connectivity index (χ0v) is 15.8. The van der Waals surface area contributed by atoms with Crippen LogP contribution >= 0.6 is 0 Å². The molecule has 1 heterocycles. The number of hydrogen-bond donors (Lipinski definition) is 0. The lowest BCUT2D eigenvalue weighted by atomic mass is 10.0. The number of carbonyl (C=O) groups is 2. The van der Waals surface area contributed by atoms with Gasteiger partial charge in [0.05, 0.1) is 6.42 Å². The molecule has 1 aliphatic heterocycles. The summed E-state index contributed by atoms with van der Waals surface area (Å²) in [5, 5.41) is 0. The van der Waals surface area contributed by atoms with Crippen molar-refractivity contribution in [3.05, 3.63) is 64.7 Å². The number of aryl methyl sites for hydroxylation is 2. The van der Waals surface area contributed by atoms with Crippen molar-refractivity contribution >= 4 is 17.6 Å². The summed E-state index contributed by atoms with van der Waals surface area (Å²) >= 11 is 0. The van der Waals surface area contributed by atoms with E-state index in [1.807, 2.05) is 63.2 Å². The van der Waals surface area contributed by atoms with E-state index in [4.69, 9.17) is 4.74 Å². The van der Waals surface area contributed by atoms with Gasteiger partial charge in [-0.1, -0.05) is 36.4 Å². The van der Waals surface area contributed by atoms with Crippen LogP contribution in [0.2, 0.25) is 0 Å². The molecular weight excluding hydrogens is 326 g/mol. The largest absolute Gasteiger partial charge is 0.452 e. The molecule has 0 aromatic heterocycles. The van der Waals surface area contributed by atoms with Crippen molar-refractivity contribution in [1.82, 2.24) is 0 Å². The summed E-state index contributed by atoms with van der Waals surface area (Å²) < 4.78 is 5.43. The van der Waals surface area contributed by atoms with E-state index >= 15 is 0 Å². The monoisotopic (exact) mass is 351 g/mol. The fourth-order valence-electron chi connectivity index (χ4n) is 3.47. The second-order valence-corrected chi connectivity index (χ2v) is 7.12. The third-order valence-electron chi connectivity index (χ3n) is 5.02. The predicted molar refractivity (Wildman–Crippen MR) is 102 cm³/mol. The lowest BCUT2D eigenvalue weighted by molar-refractivity contribution is -0.153. The highest BCUT2D eigenvalue weighted by Crippen LogP contribution is 2.32. The standard InChI is InChI=1S/C22H25NO3/c1-14-9-10-18(11-15(14)2)13-21(24)26-17(4)22(25)23-16(3)12-19-7-5-6-8-20(19)23/h5-11,16-17H,12-13H2,1-4H3/t16-,17+/m1/s1. The van der Waals surface area contributed by atoms with Gasteiger partial charge in [-0.25, -0.2) is 0 Å². The lowest BCUT2D eigenvalue weighted by Crippen LogP contribution is -2.43. The first-order valence-corrected chi connectivity index (χ1v) is 9.03. The number of anilines is 1. The number of nitrogens with zero attached hydrogens (tertiary/aromatic N) is 1. The first-order valence-electron chi connectivity index (χ1n) is 9.03. The van der Waals surface area contributed by atoms with Crippen molar-refractivity contribution in [2.45, 2.75) is 52.7 Å². The Morgan fingerprint density at radius 1 is 1.15 bits per heavy atom. The minimum Gasteiger partial charge on any atom is -0.452 e. The molecule has 3 rings (SSSR count). The average Bonchev–Trinajstić information content (AvgIpc) is 2.93. The molecule has 0 unspecified atom stereocenters. The van der Waals surface area contributed by atoms with Gasteiger partial charge in [-0.3, -0.25) is 9.59 Å². The van der Waals surface area contributed by atoms with Crippen LogP contribution in [0.1, 0.15) is 36.1 Å². The Morgan fingerprint density at radius 3 is 2.62 bits per heavy atom. The molecule has 4 nitrogen and oxygen atoms in total. The molecule has 0 N–H and O–H groups in total. The maximum Gasteiger partial charge on any atom is 0.311 e. The van der Waals surface area contributed by atoms with Gasteiger partial charge in [0.15, 0.2) is 6.10 Å². The van der Waals surface area contributed by atoms with E-state index in [-0.39, 0.29) is 24.3 Å². The van der Waals surface area contributed by atoms with Crippen LogP contribution in [0.4, 0.5) is 5.69 Å². The van der Waals surface area contributed by atoms with Crippen molar-refractivity contribution in [3.8, 4) is 0 Å². The maximum atomic E-state index is 12.9. The topological polar surface area (TPSA) is 46.6 Å². The summed E-state index contributed by atoms with van der Waals surface area (Å²) in [6.45, 7) is 7.71. The highest BCUT2D eigenvalue weighted by atomic mass is 16.5. The lowest BCUT2D eigenvalue weighted by Gasteiger charge is -2.26. The number of rotatable bonds is 4. The molecule has 0 saturated heterocycles. The zero-order chi connectivity index (χ0) is 18.8. The number of ether oxygens (including phenoxy) is 1. The van der Waals surface area contributed by atoms with Crippen molar-refractivity contribution in [2.75, 3.05) is 4.90 Å². The summed E-state index contributed by atoms with van der Waals surface area (Å²) in [6.07, 6.45) is 0.193. The molecule has 136 valence electrons. The summed E-state index contributed by atoms with van der Waals surface area (Å²) in [7, 11) is 0. The first-order chi connectivity index (χ1) is 12.4. The van der Waals surface area contributed by atoms with Crippen LogP contribution in [0.15, 0.2) is 42.5 Å². The van der Waals surface area contributed by atoms with Gasteiger partial charge in [-0.2, -0.15) is 0 Å². The number of carbonyl (C=O) groups excluding carboxylic acids is 2. The summed E-state index contributed by atoms with van der Waals surface area (Å²) in [6, 6.07) is 13.9. The van der Waals surface area contributed by atoms with Crippen molar-refractivity contribution in [1.29, 1.82) is 0 Å². The molecule has 4 heteroatoms. The number of hydrogen-bond acceptors (Lipinski definition) is 3. The summed E-state index contributed by atoms with van der Waals surface area (Å²) in [5.41, 5.74) is 5.30. The van der Waals surface area contributed by atoms with E-state index in [0.29, 0.717) is 0 Å². The van der Waals surface area contributed by atoms with Gasteiger partial charge in [0.25, 0.3) is 5.91 Å². The SMILES string of the molecule is Cc1ccc(CC(=O)O[C@@H](C)C(=O)N2c3ccccc3C[C@H]2C)cc1C. The van der Waals surface area contributed by atoms with Crippen LogP contribution in [0.3, 0.4) is 0 Å². The highest BCUT2D eigenvalue weighted by Gasteiger charge is 2.34. The van der Waals surface area contributed by atoms with Crippen LogP contribution in [-0.4, -0.2) is 24.0 Å². The normalized spacial score (nSPS) is 16.9. The van der Waals surface area contributed by atoms with Crippen molar-refractivity contribution < 1.29 is 14.3 Å². The fraction of sp³-hybridized carbons (Fsp3) is 0.364. The smallest absolute Gasteiger partial charge is 0.311 e. The molecule has 0 fully saturated rings. The molecular formula is C22H25NO3. The Balaban J connectivity index is 1.65. The number of esters is 1. The first kappa shape index (κ1) is 18.2. The fourth-order valence-corrected chi connectivity index (χ4v) is 3.47. The molecule has 26 heavy (non-hydrogen) atoms. The summed E-state index contributed by atoms with van der Waals surface area (Å²) in [5.74, 6) is -0.551. The van der Waals surface area contributed by atoms with Crippen LogP contribution in [0.5, 0.6) is 0 Å². The molecule has 2 aromatic carbocycles. The molecule has 0 radical (unpaired) electrons. The van der Waals surface area contributed by atoms with E-state index < -0.39 is 6.10 Å². The minimum absolute atomic E-state index is 0.0702. The van der Waals surface area contributed by atoms with Crippen molar-refractivity contribution in [3.63, 3.8) is 0 Å². The van der Waals surface area contributed by atoms with Crippen LogP contribution in [-0.2, 0) is 27.2 Å². The van der Waals surface area contributed by atoms with E-state index in [2.05, 4.69) is 0 Å². The second-order valence-electron chi connectivity index (χ2n) is 7.12.